The van der Waals surface area contributed by atoms with Crippen LogP contribution in [0.1, 0.15) is 43.9 Å². The van der Waals surface area contributed by atoms with E-state index in [4.69, 9.17) is 33.2 Å². The lowest BCUT2D eigenvalue weighted by Gasteiger charge is -2.43. The first-order valence-corrected chi connectivity index (χ1v) is 15.1. The number of ether oxygens (including phenoxy) is 7. The van der Waals surface area contributed by atoms with Gasteiger partial charge in [-0.05, 0) is 43.9 Å². The van der Waals surface area contributed by atoms with E-state index in [-0.39, 0.29) is 32.0 Å². The normalized spacial score (nSPS) is 28.6. The molecule has 8 heteroatoms. The molecule has 0 spiro atoms. The Morgan fingerprint density at radius 3 is 1.74 bits per heavy atom. The molecule has 0 radical (unpaired) electrons. The van der Waals surface area contributed by atoms with Crippen molar-refractivity contribution in [2.45, 2.75) is 95.8 Å². The van der Waals surface area contributed by atoms with Crippen molar-refractivity contribution in [3.63, 3.8) is 0 Å². The number of hydrogen-bond donors (Lipinski definition) is 0. The van der Waals surface area contributed by atoms with Gasteiger partial charge in [0.1, 0.15) is 18.3 Å². The lowest BCUT2D eigenvalue weighted by molar-refractivity contribution is -0.312. The highest BCUT2D eigenvalue weighted by atomic mass is 19.1. The molecule has 3 aromatic rings. The van der Waals surface area contributed by atoms with Gasteiger partial charge in [-0.2, -0.15) is 0 Å². The van der Waals surface area contributed by atoms with Crippen molar-refractivity contribution < 1.29 is 37.5 Å². The highest BCUT2D eigenvalue weighted by Gasteiger charge is 2.49. The largest absolute Gasteiger partial charge is 0.374 e. The highest BCUT2D eigenvalue weighted by Crippen LogP contribution is 2.33. The first kappa shape index (κ1) is 31.7. The third-order valence-corrected chi connectivity index (χ3v) is 7.65. The number of benzene rings is 3. The maximum Gasteiger partial charge on any atom is 0.186 e. The molecular weight excluding hydrogens is 551 g/mol. The first-order valence-electron chi connectivity index (χ1n) is 15.1. The van der Waals surface area contributed by atoms with E-state index in [0.717, 1.165) is 16.7 Å². The molecule has 0 bridgehead atoms. The number of hydrogen-bond acceptors (Lipinski definition) is 7. The van der Waals surface area contributed by atoms with E-state index in [9.17, 15) is 0 Å². The molecule has 7 unspecified atom stereocenters. The van der Waals surface area contributed by atoms with Crippen LogP contribution in [0.2, 0.25) is 0 Å². The summed E-state index contributed by atoms with van der Waals surface area (Å²) in [5.74, 6) is -0.647. The van der Waals surface area contributed by atoms with Crippen LogP contribution in [-0.2, 0) is 53.0 Å². The van der Waals surface area contributed by atoms with Crippen molar-refractivity contribution in [3.05, 3.63) is 108 Å². The average molecular weight is 595 g/mol. The Balaban J connectivity index is 1.31. The maximum atomic E-state index is 16.3. The van der Waals surface area contributed by atoms with Crippen LogP contribution in [0.3, 0.4) is 0 Å². The van der Waals surface area contributed by atoms with Crippen molar-refractivity contribution in [2.24, 2.45) is 0 Å². The summed E-state index contributed by atoms with van der Waals surface area (Å²) in [4.78, 5) is 0. The second-order valence-corrected chi connectivity index (χ2v) is 11.5. The lowest BCUT2D eigenvalue weighted by Crippen LogP contribution is -2.59. The Hall–Kier alpha value is -2.69. The third-order valence-electron chi connectivity index (χ3n) is 7.65. The minimum Gasteiger partial charge on any atom is -0.374 e. The van der Waals surface area contributed by atoms with Gasteiger partial charge in [0.15, 0.2) is 18.2 Å². The molecule has 0 aliphatic carbocycles. The van der Waals surface area contributed by atoms with Crippen molar-refractivity contribution in [2.75, 3.05) is 13.2 Å². The molecule has 2 aliphatic heterocycles. The van der Waals surface area contributed by atoms with E-state index >= 15 is 4.39 Å². The molecule has 2 heterocycles. The molecular formula is C35H43FO7. The fraction of sp³-hybridized carbons (Fsp3) is 0.486. The summed E-state index contributed by atoms with van der Waals surface area (Å²) < 4.78 is 59.3. The number of alkyl halides is 1. The van der Waals surface area contributed by atoms with Gasteiger partial charge < -0.3 is 33.2 Å². The van der Waals surface area contributed by atoms with Gasteiger partial charge in [-0.3, -0.25) is 0 Å². The zero-order chi connectivity index (χ0) is 30.1. The highest BCUT2D eigenvalue weighted by molar-refractivity contribution is 5.15. The maximum absolute atomic E-state index is 16.3. The zero-order valence-corrected chi connectivity index (χ0v) is 25.2. The summed E-state index contributed by atoms with van der Waals surface area (Å²) in [5, 5.41) is 0. The van der Waals surface area contributed by atoms with Gasteiger partial charge in [-0.15, -0.1) is 0 Å². The molecule has 0 saturated carbocycles. The van der Waals surface area contributed by atoms with Crippen LogP contribution < -0.4 is 0 Å². The second kappa shape index (κ2) is 15.3. The van der Waals surface area contributed by atoms with Gasteiger partial charge >= 0.3 is 0 Å². The Bertz CT molecular complexity index is 1210. The monoisotopic (exact) mass is 594 g/mol. The first-order chi connectivity index (χ1) is 20.9. The van der Waals surface area contributed by atoms with Gasteiger partial charge in [0.2, 0.25) is 0 Å². The number of halogens is 1. The Kier molecular flexibility index (Phi) is 11.3. The summed E-state index contributed by atoms with van der Waals surface area (Å²) in [6.45, 7) is 6.96. The van der Waals surface area contributed by atoms with Crippen molar-refractivity contribution >= 4 is 0 Å². The van der Waals surface area contributed by atoms with Crippen LogP contribution in [0.5, 0.6) is 0 Å². The van der Waals surface area contributed by atoms with Crippen LogP contribution in [0.4, 0.5) is 4.39 Å². The molecule has 0 amide bonds. The minimum absolute atomic E-state index is 0.0390. The topological polar surface area (TPSA) is 64.6 Å². The average Bonchev–Trinajstić information content (AvgIpc) is 3.29. The summed E-state index contributed by atoms with van der Waals surface area (Å²) in [5.41, 5.74) is 2.89. The predicted octanol–water partition coefficient (Wildman–Crippen LogP) is 6.38. The summed E-state index contributed by atoms with van der Waals surface area (Å²) in [6, 6.07) is 29.2. The standard InChI is InChI=1S/C35H43FO7/c1-25-29(43-35(2,3)42-25)19-20-38-34-33(40-23-28-17-11-6-12-18-28)32(39-22-27-15-9-5-10-16-27)31(36)30(41-34)24-37-21-26-13-7-4-8-14-26/h4-18,25,29-34H,19-24H2,1-3H3. The van der Waals surface area contributed by atoms with Gasteiger partial charge in [0.05, 0.1) is 45.2 Å². The third kappa shape index (κ3) is 9.16. The Morgan fingerprint density at radius 2 is 1.21 bits per heavy atom. The molecule has 0 N–H and O–H groups in total. The van der Waals surface area contributed by atoms with Crippen LogP contribution in [0.15, 0.2) is 91.0 Å². The quantitative estimate of drug-likeness (QED) is 0.215. The van der Waals surface area contributed by atoms with Crippen molar-refractivity contribution in [1.82, 2.24) is 0 Å². The zero-order valence-electron chi connectivity index (χ0n) is 25.2. The molecule has 232 valence electrons. The van der Waals surface area contributed by atoms with Crippen LogP contribution in [-0.4, -0.2) is 62.0 Å². The van der Waals surface area contributed by atoms with E-state index in [2.05, 4.69) is 0 Å². The minimum atomic E-state index is -1.51. The van der Waals surface area contributed by atoms with Gasteiger partial charge in [-0.1, -0.05) is 91.0 Å². The Morgan fingerprint density at radius 1 is 0.674 bits per heavy atom. The fourth-order valence-electron chi connectivity index (χ4n) is 5.50. The van der Waals surface area contributed by atoms with E-state index in [1.807, 2.05) is 112 Å². The molecule has 0 aromatic heterocycles. The molecule has 5 rings (SSSR count). The van der Waals surface area contributed by atoms with E-state index in [0.29, 0.717) is 19.6 Å². The van der Waals surface area contributed by atoms with Crippen molar-refractivity contribution in [3.8, 4) is 0 Å². The van der Waals surface area contributed by atoms with E-state index in [1.54, 1.807) is 0 Å². The van der Waals surface area contributed by atoms with Gasteiger partial charge in [-0.25, -0.2) is 4.39 Å². The fourth-order valence-corrected chi connectivity index (χ4v) is 5.50. The summed E-state index contributed by atoms with van der Waals surface area (Å²) >= 11 is 0. The molecule has 2 fully saturated rings. The molecule has 2 aliphatic rings. The van der Waals surface area contributed by atoms with Gasteiger partial charge in [0, 0.05) is 0 Å². The summed E-state index contributed by atoms with van der Waals surface area (Å²) in [6.07, 6.45) is -4.69. The van der Waals surface area contributed by atoms with Crippen molar-refractivity contribution in [1.29, 1.82) is 0 Å². The van der Waals surface area contributed by atoms with E-state index < -0.39 is 36.6 Å². The summed E-state index contributed by atoms with van der Waals surface area (Å²) in [7, 11) is 0. The lowest BCUT2D eigenvalue weighted by atomic mass is 9.99. The Labute approximate surface area is 254 Å². The molecule has 7 atom stereocenters. The van der Waals surface area contributed by atoms with Gasteiger partial charge in [0.25, 0.3) is 0 Å². The van der Waals surface area contributed by atoms with Crippen LogP contribution >= 0.6 is 0 Å². The van der Waals surface area contributed by atoms with Crippen LogP contribution in [0.25, 0.3) is 0 Å². The van der Waals surface area contributed by atoms with Crippen LogP contribution in [0, 0.1) is 0 Å². The number of rotatable bonds is 14. The molecule has 7 nitrogen and oxygen atoms in total. The molecule has 43 heavy (non-hydrogen) atoms. The molecule has 2 saturated heterocycles. The second-order valence-electron chi connectivity index (χ2n) is 11.5. The molecule has 3 aromatic carbocycles. The smallest absolute Gasteiger partial charge is 0.186 e. The van der Waals surface area contributed by atoms with E-state index in [1.165, 1.54) is 0 Å². The SMILES string of the molecule is CC1OC(C)(C)OC1CCOC1OC(COCc2ccccc2)C(F)C(OCc2ccccc2)C1OCc1ccccc1. The predicted molar refractivity (Wildman–Crippen MR) is 160 cm³/mol.